The van der Waals surface area contributed by atoms with Crippen LogP contribution >= 0.6 is 11.3 Å². The smallest absolute Gasteiger partial charge is 0.204 e. The molecule has 0 fully saturated rings. The second-order valence-corrected chi connectivity index (χ2v) is 5.85. The zero-order valence-corrected chi connectivity index (χ0v) is 13.3. The highest BCUT2D eigenvalue weighted by molar-refractivity contribution is 7.22. The van der Waals surface area contributed by atoms with Crippen LogP contribution in [0.1, 0.15) is 6.42 Å². The minimum atomic E-state index is 0.0175. The highest BCUT2D eigenvalue weighted by atomic mass is 32.1. The maximum atomic E-state index is 5.37. The second-order valence-electron chi connectivity index (χ2n) is 4.82. The number of rotatable bonds is 5. The summed E-state index contributed by atoms with van der Waals surface area (Å²) >= 11 is 1.57. The highest BCUT2D eigenvalue weighted by Gasteiger charge is 2.14. The number of hydrazone groups is 1. The molecule has 114 valence electrons. The Morgan fingerprint density at radius 3 is 3.00 bits per heavy atom. The van der Waals surface area contributed by atoms with E-state index in [1.54, 1.807) is 31.8 Å². The molecule has 0 unspecified atom stereocenters. The molecule has 1 aliphatic carbocycles. The second kappa shape index (κ2) is 6.72. The van der Waals surface area contributed by atoms with Crippen LogP contribution in [0.15, 0.2) is 52.9 Å². The van der Waals surface area contributed by atoms with Crippen molar-refractivity contribution in [1.29, 1.82) is 0 Å². The predicted molar refractivity (Wildman–Crippen MR) is 90.3 cm³/mol. The molecular weight excluding hydrogens is 298 g/mol. The topological polar surface area (TPSA) is 55.7 Å². The molecular formula is C16H17N3O2S. The number of allylic oxidation sites excluding steroid dienone is 2. The van der Waals surface area contributed by atoms with E-state index in [1.165, 1.54) is 0 Å². The Bertz CT molecular complexity index is 716. The summed E-state index contributed by atoms with van der Waals surface area (Å²) in [6.45, 7) is 0. The number of nitrogens with zero attached hydrogens (tertiary/aromatic N) is 2. The maximum absolute atomic E-state index is 5.37. The number of aromatic nitrogens is 1. The maximum Gasteiger partial charge on any atom is 0.204 e. The lowest BCUT2D eigenvalue weighted by atomic mass is 10.0. The highest BCUT2D eigenvalue weighted by Crippen LogP contribution is 2.25. The zero-order valence-electron chi connectivity index (χ0n) is 12.4. The molecule has 0 saturated carbocycles. The van der Waals surface area contributed by atoms with Gasteiger partial charge in [-0.1, -0.05) is 23.5 Å². The van der Waals surface area contributed by atoms with Crippen LogP contribution in [-0.4, -0.2) is 31.5 Å². The molecule has 0 amide bonds. The van der Waals surface area contributed by atoms with Crippen LogP contribution in [-0.2, 0) is 9.47 Å². The molecule has 1 N–H and O–H groups in total. The third-order valence-electron chi connectivity index (χ3n) is 3.34. The van der Waals surface area contributed by atoms with Gasteiger partial charge < -0.3 is 9.47 Å². The Labute approximate surface area is 133 Å². The molecule has 0 spiro atoms. The fourth-order valence-corrected chi connectivity index (χ4v) is 3.04. The summed E-state index contributed by atoms with van der Waals surface area (Å²) in [5.74, 6) is 0.885. The number of nitrogens with one attached hydrogen (secondary N) is 1. The van der Waals surface area contributed by atoms with Crippen molar-refractivity contribution in [2.24, 2.45) is 5.10 Å². The Balaban J connectivity index is 1.70. The zero-order chi connectivity index (χ0) is 15.4. The van der Waals surface area contributed by atoms with Gasteiger partial charge in [-0.15, -0.1) is 0 Å². The lowest BCUT2D eigenvalue weighted by Gasteiger charge is -2.18. The minimum Gasteiger partial charge on any atom is -0.501 e. The van der Waals surface area contributed by atoms with E-state index in [0.29, 0.717) is 0 Å². The molecule has 6 heteroatoms. The van der Waals surface area contributed by atoms with Gasteiger partial charge in [0.15, 0.2) is 0 Å². The molecule has 0 bridgehead atoms. The Kier molecular flexibility index (Phi) is 4.50. The van der Waals surface area contributed by atoms with E-state index in [0.717, 1.165) is 33.1 Å². The number of hydrogen-bond donors (Lipinski definition) is 1. The summed E-state index contributed by atoms with van der Waals surface area (Å²) in [6, 6.07) is 8.01. The largest absolute Gasteiger partial charge is 0.501 e. The molecule has 1 heterocycles. The van der Waals surface area contributed by atoms with Crippen LogP contribution < -0.4 is 5.43 Å². The van der Waals surface area contributed by atoms with Gasteiger partial charge in [-0.25, -0.2) is 4.98 Å². The molecule has 5 nitrogen and oxygen atoms in total. The van der Waals surface area contributed by atoms with Crippen LogP contribution in [0.5, 0.6) is 0 Å². The van der Waals surface area contributed by atoms with Crippen molar-refractivity contribution in [3.8, 4) is 0 Å². The number of benzene rings is 1. The number of para-hydroxylation sites is 1. The van der Waals surface area contributed by atoms with Gasteiger partial charge >= 0.3 is 0 Å². The van der Waals surface area contributed by atoms with Crippen LogP contribution in [0.25, 0.3) is 10.2 Å². The van der Waals surface area contributed by atoms with E-state index in [2.05, 4.69) is 15.5 Å². The molecule has 0 radical (unpaired) electrons. The van der Waals surface area contributed by atoms with Crippen molar-refractivity contribution in [2.45, 2.75) is 12.5 Å². The first-order chi connectivity index (χ1) is 10.8. The van der Waals surface area contributed by atoms with Crippen molar-refractivity contribution in [1.82, 2.24) is 4.98 Å². The molecule has 3 rings (SSSR count). The van der Waals surface area contributed by atoms with Gasteiger partial charge in [-0.3, -0.25) is 5.43 Å². The third kappa shape index (κ3) is 3.35. The first-order valence-corrected chi connectivity index (χ1v) is 7.74. The Morgan fingerprint density at radius 2 is 2.23 bits per heavy atom. The van der Waals surface area contributed by atoms with Gasteiger partial charge in [-0.2, -0.15) is 5.10 Å². The number of methoxy groups -OCH3 is 2. The Hall–Kier alpha value is -2.18. The summed E-state index contributed by atoms with van der Waals surface area (Å²) in [5, 5.41) is 5.02. The standard InChI is InChI=1S/C16H17N3O2S/c1-20-12-7-11(8-13(9-12)21-2)10-17-19-16-18-14-5-3-4-6-15(14)22-16/h3-8,10,12H,9H2,1-2H3,(H,18,19)/b17-10-/t12-/m1/s1. The summed E-state index contributed by atoms with van der Waals surface area (Å²) in [5.41, 5.74) is 4.90. The Morgan fingerprint density at radius 1 is 1.36 bits per heavy atom. The average Bonchev–Trinajstić information content (AvgIpc) is 2.97. The van der Waals surface area contributed by atoms with Crippen LogP contribution in [0.3, 0.4) is 0 Å². The van der Waals surface area contributed by atoms with Crippen LogP contribution in [0, 0.1) is 0 Å². The van der Waals surface area contributed by atoms with E-state index in [-0.39, 0.29) is 6.10 Å². The van der Waals surface area contributed by atoms with Crippen LogP contribution in [0.4, 0.5) is 5.13 Å². The minimum absolute atomic E-state index is 0.0175. The molecule has 22 heavy (non-hydrogen) atoms. The first-order valence-electron chi connectivity index (χ1n) is 6.92. The molecule has 1 atom stereocenters. The average molecular weight is 315 g/mol. The quantitative estimate of drug-likeness (QED) is 0.677. The molecule has 0 saturated heterocycles. The van der Waals surface area contributed by atoms with Gasteiger partial charge in [0, 0.05) is 13.5 Å². The van der Waals surface area contributed by atoms with E-state index >= 15 is 0 Å². The molecule has 1 aromatic carbocycles. The molecule has 1 aliphatic rings. The fourth-order valence-electron chi connectivity index (χ4n) is 2.22. The summed E-state index contributed by atoms with van der Waals surface area (Å²) in [7, 11) is 3.35. The van der Waals surface area contributed by atoms with E-state index in [1.807, 2.05) is 36.4 Å². The summed E-state index contributed by atoms with van der Waals surface area (Å²) in [6.07, 6.45) is 6.49. The van der Waals surface area contributed by atoms with Gasteiger partial charge in [-0.05, 0) is 29.9 Å². The molecule has 1 aromatic heterocycles. The van der Waals surface area contributed by atoms with E-state index in [4.69, 9.17) is 9.47 Å². The normalized spacial score (nSPS) is 18.4. The third-order valence-corrected chi connectivity index (χ3v) is 4.28. The fraction of sp³-hybridized carbons (Fsp3) is 0.250. The number of hydrogen-bond acceptors (Lipinski definition) is 6. The van der Waals surface area contributed by atoms with E-state index in [9.17, 15) is 0 Å². The first kappa shape index (κ1) is 14.7. The van der Waals surface area contributed by atoms with Crippen molar-refractivity contribution in [3.63, 3.8) is 0 Å². The number of anilines is 1. The number of fused-ring (bicyclic) bond motifs is 1. The molecule has 2 aromatic rings. The predicted octanol–water partition coefficient (Wildman–Crippen LogP) is 3.57. The van der Waals surface area contributed by atoms with Crippen molar-refractivity contribution in [2.75, 3.05) is 19.6 Å². The monoisotopic (exact) mass is 315 g/mol. The van der Waals surface area contributed by atoms with Gasteiger partial charge in [0.2, 0.25) is 5.13 Å². The van der Waals surface area contributed by atoms with Crippen molar-refractivity contribution in [3.05, 3.63) is 47.7 Å². The van der Waals surface area contributed by atoms with E-state index < -0.39 is 0 Å². The molecule has 0 aliphatic heterocycles. The SMILES string of the molecule is COC1=CC(/C=N\Nc2nc3ccccc3s2)=C[C@@H](OC)C1. The van der Waals surface area contributed by atoms with Crippen LogP contribution in [0.2, 0.25) is 0 Å². The summed E-state index contributed by atoms with van der Waals surface area (Å²) in [4.78, 5) is 4.47. The summed E-state index contributed by atoms with van der Waals surface area (Å²) < 4.78 is 11.8. The lowest BCUT2D eigenvalue weighted by Crippen LogP contribution is -2.14. The number of thiazole rings is 1. The number of ether oxygens (including phenoxy) is 2. The van der Waals surface area contributed by atoms with Gasteiger partial charge in [0.1, 0.15) is 0 Å². The van der Waals surface area contributed by atoms with Gasteiger partial charge in [0.25, 0.3) is 0 Å². The van der Waals surface area contributed by atoms with Crippen molar-refractivity contribution < 1.29 is 9.47 Å². The van der Waals surface area contributed by atoms with Crippen molar-refractivity contribution >= 4 is 32.9 Å². The van der Waals surface area contributed by atoms with Gasteiger partial charge in [0.05, 0.1) is 35.4 Å². The lowest BCUT2D eigenvalue weighted by molar-refractivity contribution is 0.121.